The molecule has 0 aliphatic carbocycles. The molecular formula is C20H13ClN4O4S. The van der Waals surface area contributed by atoms with Gasteiger partial charge in [0.2, 0.25) is 5.91 Å². The molecule has 0 saturated heterocycles. The Morgan fingerprint density at radius 3 is 2.77 bits per heavy atom. The largest absolute Gasteiger partial charge is 0.461 e. The number of benzene rings is 2. The molecule has 0 bridgehead atoms. The number of carbonyl (C=O) groups is 1. The van der Waals surface area contributed by atoms with E-state index in [2.05, 4.69) is 15.3 Å². The zero-order valence-electron chi connectivity index (χ0n) is 15.2. The molecule has 0 aliphatic rings. The number of anilines is 1. The fourth-order valence-electron chi connectivity index (χ4n) is 2.72. The Morgan fingerprint density at radius 2 is 2.00 bits per heavy atom. The predicted octanol–water partition coefficient (Wildman–Crippen LogP) is 5.18. The maximum absolute atomic E-state index is 12.4. The second-order valence-corrected chi connectivity index (χ2v) is 7.48. The van der Waals surface area contributed by atoms with Crippen molar-refractivity contribution in [3.8, 4) is 11.6 Å². The summed E-state index contributed by atoms with van der Waals surface area (Å²) in [5.74, 6) is 0.598. The monoisotopic (exact) mass is 440 g/mol. The SMILES string of the molecule is O=C(CSc1nc(-c2ccco2)nc2ccccc12)Nc1cc([N+](=O)[O-])ccc1Cl. The molecule has 10 heteroatoms. The van der Waals surface area contributed by atoms with Gasteiger partial charge in [-0.2, -0.15) is 0 Å². The molecule has 0 radical (unpaired) electrons. The quantitative estimate of drug-likeness (QED) is 0.190. The van der Waals surface area contributed by atoms with Crippen LogP contribution in [0.5, 0.6) is 0 Å². The van der Waals surface area contributed by atoms with E-state index in [1.807, 2.05) is 24.3 Å². The van der Waals surface area contributed by atoms with Crippen LogP contribution < -0.4 is 5.32 Å². The number of rotatable bonds is 6. The molecule has 8 nitrogen and oxygen atoms in total. The number of thioether (sulfide) groups is 1. The van der Waals surface area contributed by atoms with Crippen LogP contribution in [-0.4, -0.2) is 26.6 Å². The predicted molar refractivity (Wildman–Crippen MR) is 115 cm³/mol. The summed E-state index contributed by atoms with van der Waals surface area (Å²) in [5.41, 5.74) is 0.746. The van der Waals surface area contributed by atoms with E-state index in [-0.39, 0.29) is 28.1 Å². The number of nitro groups is 1. The van der Waals surface area contributed by atoms with E-state index < -0.39 is 4.92 Å². The fraction of sp³-hybridized carbons (Fsp3) is 0.0500. The molecule has 2 aromatic heterocycles. The molecule has 0 saturated carbocycles. The zero-order valence-corrected chi connectivity index (χ0v) is 16.8. The van der Waals surface area contributed by atoms with Gasteiger partial charge in [0.05, 0.1) is 33.2 Å². The number of nitrogens with zero attached hydrogens (tertiary/aromatic N) is 3. The van der Waals surface area contributed by atoms with Gasteiger partial charge in [-0.25, -0.2) is 9.97 Å². The summed E-state index contributed by atoms with van der Waals surface area (Å²) in [6, 6.07) is 14.8. The molecule has 1 amide bonds. The Labute approximate surface area is 179 Å². The maximum atomic E-state index is 12.4. The lowest BCUT2D eigenvalue weighted by Crippen LogP contribution is -2.14. The second kappa shape index (κ2) is 8.52. The lowest BCUT2D eigenvalue weighted by atomic mass is 10.2. The maximum Gasteiger partial charge on any atom is 0.271 e. The highest BCUT2D eigenvalue weighted by molar-refractivity contribution is 8.00. The summed E-state index contributed by atoms with van der Waals surface area (Å²) >= 11 is 7.27. The highest BCUT2D eigenvalue weighted by atomic mass is 35.5. The van der Waals surface area contributed by atoms with Crippen molar-refractivity contribution >= 4 is 51.5 Å². The third-order valence-corrected chi connectivity index (χ3v) is 5.41. The van der Waals surface area contributed by atoms with Crippen LogP contribution in [-0.2, 0) is 4.79 Å². The van der Waals surface area contributed by atoms with E-state index in [4.69, 9.17) is 16.0 Å². The van der Waals surface area contributed by atoms with E-state index in [0.29, 0.717) is 16.6 Å². The first-order valence-corrected chi connectivity index (χ1v) is 10.0. The van der Waals surface area contributed by atoms with Crippen LogP contribution in [0.2, 0.25) is 5.02 Å². The minimum Gasteiger partial charge on any atom is -0.461 e. The lowest BCUT2D eigenvalue weighted by molar-refractivity contribution is -0.384. The van der Waals surface area contributed by atoms with E-state index in [1.165, 1.54) is 36.2 Å². The van der Waals surface area contributed by atoms with Gasteiger partial charge in [-0.1, -0.05) is 41.6 Å². The number of non-ortho nitro benzene ring substituents is 1. The molecule has 4 aromatic rings. The van der Waals surface area contributed by atoms with E-state index >= 15 is 0 Å². The van der Waals surface area contributed by atoms with Crippen LogP contribution in [0.3, 0.4) is 0 Å². The van der Waals surface area contributed by atoms with Crippen molar-refractivity contribution in [2.45, 2.75) is 5.03 Å². The van der Waals surface area contributed by atoms with Gasteiger partial charge in [0.1, 0.15) is 5.03 Å². The minimum absolute atomic E-state index is 0.0254. The molecule has 0 aliphatic heterocycles. The number of nitro benzene ring substituents is 1. The number of fused-ring (bicyclic) bond motifs is 1. The first-order valence-electron chi connectivity index (χ1n) is 8.68. The number of carbonyl (C=O) groups excluding carboxylic acids is 1. The summed E-state index contributed by atoms with van der Waals surface area (Å²) in [5, 5.41) is 15.2. The van der Waals surface area contributed by atoms with Crippen molar-refractivity contribution < 1.29 is 14.1 Å². The number of amides is 1. The summed E-state index contributed by atoms with van der Waals surface area (Å²) in [6.45, 7) is 0. The summed E-state index contributed by atoms with van der Waals surface area (Å²) in [4.78, 5) is 31.9. The summed E-state index contributed by atoms with van der Waals surface area (Å²) in [7, 11) is 0. The summed E-state index contributed by atoms with van der Waals surface area (Å²) in [6.07, 6.45) is 1.54. The van der Waals surface area contributed by atoms with Gasteiger partial charge in [-0.05, 0) is 24.3 Å². The van der Waals surface area contributed by atoms with Gasteiger partial charge in [0, 0.05) is 17.5 Å². The van der Waals surface area contributed by atoms with Crippen molar-refractivity contribution in [2.24, 2.45) is 0 Å². The number of nitrogens with one attached hydrogen (secondary N) is 1. The van der Waals surface area contributed by atoms with Crippen LogP contribution in [0, 0.1) is 10.1 Å². The van der Waals surface area contributed by atoms with E-state index in [1.54, 1.807) is 12.1 Å². The molecule has 0 spiro atoms. The van der Waals surface area contributed by atoms with Gasteiger partial charge >= 0.3 is 0 Å². The Bertz CT molecular complexity index is 1250. The lowest BCUT2D eigenvalue weighted by Gasteiger charge is -2.09. The van der Waals surface area contributed by atoms with Gasteiger partial charge < -0.3 is 9.73 Å². The standard InChI is InChI=1S/C20H13ClN4O4S/c21-14-8-7-12(25(27)28)10-16(14)22-18(26)11-30-20-13-4-1-2-5-15(13)23-19(24-20)17-6-3-9-29-17/h1-10H,11H2,(H,22,26). The minimum atomic E-state index is -0.552. The Hall–Kier alpha value is -3.43. The van der Waals surface area contributed by atoms with Crippen molar-refractivity contribution in [3.05, 3.63) is 76.0 Å². The Kier molecular flexibility index (Phi) is 5.64. The van der Waals surface area contributed by atoms with E-state index in [9.17, 15) is 14.9 Å². The third kappa shape index (κ3) is 4.27. The van der Waals surface area contributed by atoms with Gasteiger partial charge in [0.15, 0.2) is 11.6 Å². The normalized spacial score (nSPS) is 10.8. The Balaban J connectivity index is 1.56. The number of halogens is 1. The highest BCUT2D eigenvalue weighted by Crippen LogP contribution is 2.30. The summed E-state index contributed by atoms with van der Waals surface area (Å²) < 4.78 is 5.39. The molecule has 2 heterocycles. The topological polar surface area (TPSA) is 111 Å². The number of hydrogen-bond acceptors (Lipinski definition) is 7. The molecule has 0 unspecified atom stereocenters. The molecule has 2 aromatic carbocycles. The smallest absolute Gasteiger partial charge is 0.271 e. The van der Waals surface area contributed by atoms with Crippen LogP contribution in [0.4, 0.5) is 11.4 Å². The number of hydrogen-bond donors (Lipinski definition) is 1. The highest BCUT2D eigenvalue weighted by Gasteiger charge is 2.15. The zero-order chi connectivity index (χ0) is 21.1. The number of aromatic nitrogens is 2. The fourth-order valence-corrected chi connectivity index (χ4v) is 3.70. The van der Waals surface area contributed by atoms with Crippen LogP contribution in [0.15, 0.2) is 70.3 Å². The molecule has 0 atom stereocenters. The van der Waals surface area contributed by atoms with Crippen LogP contribution in [0.25, 0.3) is 22.5 Å². The first-order chi connectivity index (χ1) is 14.5. The van der Waals surface area contributed by atoms with Crippen molar-refractivity contribution in [3.63, 3.8) is 0 Å². The molecule has 4 rings (SSSR count). The third-order valence-electron chi connectivity index (χ3n) is 4.08. The van der Waals surface area contributed by atoms with Crippen molar-refractivity contribution in [2.75, 3.05) is 11.1 Å². The average molecular weight is 441 g/mol. The number of furan rings is 1. The second-order valence-electron chi connectivity index (χ2n) is 6.10. The molecule has 1 N–H and O–H groups in total. The molecule has 30 heavy (non-hydrogen) atoms. The first kappa shape index (κ1) is 19.9. The van der Waals surface area contributed by atoms with Gasteiger partial charge in [-0.15, -0.1) is 0 Å². The Morgan fingerprint density at radius 1 is 1.17 bits per heavy atom. The molecular weight excluding hydrogens is 428 g/mol. The molecule has 150 valence electrons. The number of para-hydroxylation sites is 1. The average Bonchev–Trinajstić information content (AvgIpc) is 3.28. The van der Waals surface area contributed by atoms with Crippen molar-refractivity contribution in [1.29, 1.82) is 0 Å². The van der Waals surface area contributed by atoms with Gasteiger partial charge in [-0.3, -0.25) is 14.9 Å². The van der Waals surface area contributed by atoms with Crippen LogP contribution >= 0.6 is 23.4 Å². The van der Waals surface area contributed by atoms with Crippen LogP contribution in [0.1, 0.15) is 0 Å². The van der Waals surface area contributed by atoms with E-state index in [0.717, 1.165) is 10.9 Å². The van der Waals surface area contributed by atoms with Gasteiger partial charge in [0.25, 0.3) is 5.69 Å². The molecule has 0 fully saturated rings. The van der Waals surface area contributed by atoms with Crippen molar-refractivity contribution in [1.82, 2.24) is 9.97 Å².